The fraction of sp³-hybridized carbons (Fsp3) is 0.625. The number of benzene rings is 1. The summed E-state index contributed by atoms with van der Waals surface area (Å²) in [6, 6.07) is 10.3. The molecule has 0 saturated heterocycles. The van der Waals surface area contributed by atoms with E-state index >= 15 is 0 Å². The van der Waals surface area contributed by atoms with E-state index in [4.69, 9.17) is 4.74 Å². The molecule has 0 aliphatic rings. The molecule has 1 aromatic rings. The summed E-state index contributed by atoms with van der Waals surface area (Å²) in [6.45, 7) is 7.59. The van der Waals surface area contributed by atoms with Crippen LogP contribution in [0.5, 0.6) is 0 Å². The molecule has 0 aliphatic heterocycles. The van der Waals surface area contributed by atoms with E-state index in [9.17, 15) is 5.11 Å². The van der Waals surface area contributed by atoms with Gasteiger partial charge in [0.2, 0.25) is 0 Å². The lowest BCUT2D eigenvalue weighted by Gasteiger charge is -2.28. The summed E-state index contributed by atoms with van der Waals surface area (Å²) in [6.07, 6.45) is 1.63. The van der Waals surface area contributed by atoms with Gasteiger partial charge in [0.05, 0.1) is 12.7 Å². The van der Waals surface area contributed by atoms with Crippen LogP contribution in [-0.2, 0) is 4.74 Å². The minimum absolute atomic E-state index is 0.160. The van der Waals surface area contributed by atoms with Gasteiger partial charge < -0.3 is 9.84 Å². The van der Waals surface area contributed by atoms with E-state index in [1.807, 2.05) is 18.2 Å². The number of hydrogen-bond acceptors (Lipinski definition) is 2. The molecular formula is C16H26O2. The minimum Gasteiger partial charge on any atom is -0.390 e. The Labute approximate surface area is 111 Å². The second-order valence-electron chi connectivity index (χ2n) is 4.96. The van der Waals surface area contributed by atoms with Crippen molar-refractivity contribution in [3.05, 3.63) is 35.9 Å². The maximum atomic E-state index is 10.4. The molecule has 0 spiro atoms. The van der Waals surface area contributed by atoms with Crippen molar-refractivity contribution in [3.63, 3.8) is 0 Å². The molecule has 0 amide bonds. The zero-order chi connectivity index (χ0) is 13.4. The van der Waals surface area contributed by atoms with Gasteiger partial charge in [-0.15, -0.1) is 0 Å². The van der Waals surface area contributed by atoms with Crippen LogP contribution in [0, 0.1) is 5.92 Å². The van der Waals surface area contributed by atoms with Crippen LogP contribution in [0.3, 0.4) is 0 Å². The Kier molecular flexibility index (Phi) is 6.99. The third-order valence-corrected chi connectivity index (χ3v) is 3.49. The van der Waals surface area contributed by atoms with E-state index in [1.165, 1.54) is 5.56 Å². The second-order valence-corrected chi connectivity index (χ2v) is 4.96. The lowest BCUT2D eigenvalue weighted by Crippen LogP contribution is -2.29. The summed E-state index contributed by atoms with van der Waals surface area (Å²) in [4.78, 5) is 0. The fourth-order valence-corrected chi connectivity index (χ4v) is 2.31. The molecular weight excluding hydrogens is 224 g/mol. The quantitative estimate of drug-likeness (QED) is 0.714. The van der Waals surface area contributed by atoms with Crippen LogP contribution in [-0.4, -0.2) is 24.4 Å². The lowest BCUT2D eigenvalue weighted by molar-refractivity contribution is 0.0121. The molecule has 1 aromatic carbocycles. The standard InChI is InChI=1S/C16H26O2/c1-4-11-18-12-15(17)16(13(3)5-2)14-9-7-6-8-10-14/h6-10,13,15-17H,4-5,11-12H2,1-3H3. The highest BCUT2D eigenvalue weighted by Gasteiger charge is 2.25. The predicted octanol–water partition coefficient (Wildman–Crippen LogP) is 3.60. The first-order chi connectivity index (χ1) is 8.70. The van der Waals surface area contributed by atoms with E-state index in [0.717, 1.165) is 19.4 Å². The summed E-state index contributed by atoms with van der Waals surface area (Å²) in [7, 11) is 0. The topological polar surface area (TPSA) is 29.5 Å². The van der Waals surface area contributed by atoms with Crippen LogP contribution in [0.1, 0.15) is 45.1 Å². The Morgan fingerprint density at radius 1 is 1.17 bits per heavy atom. The van der Waals surface area contributed by atoms with Gasteiger partial charge in [0, 0.05) is 12.5 Å². The normalized spacial score (nSPS) is 16.2. The first kappa shape index (κ1) is 15.2. The Balaban J connectivity index is 2.72. The minimum atomic E-state index is -0.422. The van der Waals surface area contributed by atoms with Crippen molar-refractivity contribution < 1.29 is 9.84 Å². The third kappa shape index (κ3) is 4.43. The lowest BCUT2D eigenvalue weighted by atomic mass is 9.82. The fourth-order valence-electron chi connectivity index (χ4n) is 2.31. The molecule has 0 fully saturated rings. The average molecular weight is 250 g/mol. The van der Waals surface area contributed by atoms with E-state index < -0.39 is 6.10 Å². The molecule has 1 rings (SSSR count). The summed E-state index contributed by atoms with van der Waals surface area (Å²) >= 11 is 0. The SMILES string of the molecule is CCCOCC(O)C(c1ccccc1)C(C)CC. The van der Waals surface area contributed by atoms with Crippen LogP contribution < -0.4 is 0 Å². The monoisotopic (exact) mass is 250 g/mol. The maximum absolute atomic E-state index is 10.4. The second kappa shape index (κ2) is 8.28. The van der Waals surface area contributed by atoms with Crippen LogP contribution >= 0.6 is 0 Å². The molecule has 0 radical (unpaired) electrons. The molecule has 2 heteroatoms. The van der Waals surface area contributed by atoms with Gasteiger partial charge in [0.15, 0.2) is 0 Å². The summed E-state index contributed by atoms with van der Waals surface area (Å²) in [5.74, 6) is 0.612. The van der Waals surface area contributed by atoms with Crippen molar-refractivity contribution in [1.82, 2.24) is 0 Å². The zero-order valence-electron chi connectivity index (χ0n) is 11.8. The molecule has 3 atom stereocenters. The number of aliphatic hydroxyl groups is 1. The van der Waals surface area contributed by atoms with Gasteiger partial charge in [0.1, 0.15) is 0 Å². The molecule has 0 aromatic heterocycles. The van der Waals surface area contributed by atoms with Crippen molar-refractivity contribution in [2.45, 2.75) is 45.6 Å². The molecule has 0 aliphatic carbocycles. The Bertz CT molecular complexity index is 310. The van der Waals surface area contributed by atoms with Gasteiger partial charge in [0.25, 0.3) is 0 Å². The first-order valence-corrected chi connectivity index (χ1v) is 7.01. The average Bonchev–Trinajstić information content (AvgIpc) is 2.40. The molecule has 0 bridgehead atoms. The highest BCUT2D eigenvalue weighted by molar-refractivity contribution is 5.21. The Morgan fingerprint density at radius 3 is 2.39 bits per heavy atom. The van der Waals surface area contributed by atoms with Crippen molar-refractivity contribution in [1.29, 1.82) is 0 Å². The van der Waals surface area contributed by atoms with E-state index in [2.05, 4.69) is 32.9 Å². The van der Waals surface area contributed by atoms with E-state index in [0.29, 0.717) is 12.5 Å². The Hall–Kier alpha value is -0.860. The van der Waals surface area contributed by atoms with Gasteiger partial charge in [-0.05, 0) is 17.9 Å². The summed E-state index contributed by atoms with van der Waals surface area (Å²) < 4.78 is 5.49. The number of ether oxygens (including phenoxy) is 1. The maximum Gasteiger partial charge on any atom is 0.0844 e. The predicted molar refractivity (Wildman–Crippen MR) is 75.8 cm³/mol. The number of aliphatic hydroxyl groups excluding tert-OH is 1. The summed E-state index contributed by atoms with van der Waals surface area (Å²) in [5, 5.41) is 10.4. The van der Waals surface area contributed by atoms with Crippen LogP contribution in [0.25, 0.3) is 0 Å². The van der Waals surface area contributed by atoms with Crippen LogP contribution in [0.4, 0.5) is 0 Å². The Morgan fingerprint density at radius 2 is 1.83 bits per heavy atom. The van der Waals surface area contributed by atoms with Gasteiger partial charge in [-0.2, -0.15) is 0 Å². The van der Waals surface area contributed by atoms with E-state index in [-0.39, 0.29) is 5.92 Å². The summed E-state index contributed by atoms with van der Waals surface area (Å²) in [5.41, 5.74) is 1.21. The first-order valence-electron chi connectivity index (χ1n) is 7.01. The van der Waals surface area contributed by atoms with Crippen molar-refractivity contribution >= 4 is 0 Å². The smallest absolute Gasteiger partial charge is 0.0844 e. The van der Waals surface area contributed by atoms with Crippen molar-refractivity contribution in [2.24, 2.45) is 5.92 Å². The molecule has 1 N–H and O–H groups in total. The largest absolute Gasteiger partial charge is 0.390 e. The van der Waals surface area contributed by atoms with Crippen molar-refractivity contribution in [3.8, 4) is 0 Å². The van der Waals surface area contributed by atoms with Gasteiger partial charge in [-0.1, -0.05) is 57.5 Å². The number of rotatable bonds is 8. The highest BCUT2D eigenvalue weighted by atomic mass is 16.5. The van der Waals surface area contributed by atoms with Gasteiger partial charge >= 0.3 is 0 Å². The molecule has 0 heterocycles. The molecule has 102 valence electrons. The van der Waals surface area contributed by atoms with Crippen LogP contribution in [0.2, 0.25) is 0 Å². The van der Waals surface area contributed by atoms with Gasteiger partial charge in [-0.25, -0.2) is 0 Å². The van der Waals surface area contributed by atoms with Crippen LogP contribution in [0.15, 0.2) is 30.3 Å². The molecule has 0 saturated carbocycles. The van der Waals surface area contributed by atoms with Crippen molar-refractivity contribution in [2.75, 3.05) is 13.2 Å². The molecule has 18 heavy (non-hydrogen) atoms. The number of hydrogen-bond donors (Lipinski definition) is 1. The molecule has 3 unspecified atom stereocenters. The molecule has 2 nitrogen and oxygen atoms in total. The van der Waals surface area contributed by atoms with E-state index in [1.54, 1.807) is 0 Å². The van der Waals surface area contributed by atoms with Gasteiger partial charge in [-0.3, -0.25) is 0 Å². The highest BCUT2D eigenvalue weighted by Crippen LogP contribution is 2.30. The zero-order valence-corrected chi connectivity index (χ0v) is 11.8. The third-order valence-electron chi connectivity index (χ3n) is 3.49.